The van der Waals surface area contributed by atoms with Gasteiger partial charge in [-0.3, -0.25) is 4.99 Å². The molecule has 0 fully saturated rings. The monoisotopic (exact) mass is 161 g/mol. The molecule has 0 saturated heterocycles. The molecule has 0 amide bonds. The van der Waals surface area contributed by atoms with Gasteiger partial charge < -0.3 is 4.74 Å². The number of hydrogen-bond acceptors (Lipinski definition) is 2. The summed E-state index contributed by atoms with van der Waals surface area (Å²) < 4.78 is 5.48. The molecule has 1 aliphatic heterocycles. The highest BCUT2D eigenvalue weighted by Crippen LogP contribution is 2.19. The van der Waals surface area contributed by atoms with Gasteiger partial charge in [0.2, 0.25) is 0 Å². The SMILES string of the molecule is Cc1ccc2c(c1)C=NCCO2. The van der Waals surface area contributed by atoms with Gasteiger partial charge in [0.05, 0.1) is 6.54 Å². The minimum Gasteiger partial charge on any atom is -0.491 e. The van der Waals surface area contributed by atoms with Crippen LogP contribution in [-0.2, 0) is 0 Å². The van der Waals surface area contributed by atoms with Crippen molar-refractivity contribution < 1.29 is 4.74 Å². The minimum absolute atomic E-state index is 0.687. The molecular weight excluding hydrogens is 150 g/mol. The van der Waals surface area contributed by atoms with Gasteiger partial charge in [-0.1, -0.05) is 11.6 Å². The van der Waals surface area contributed by atoms with E-state index in [0.29, 0.717) is 6.61 Å². The van der Waals surface area contributed by atoms with Gasteiger partial charge in [0.25, 0.3) is 0 Å². The lowest BCUT2D eigenvalue weighted by atomic mass is 10.1. The van der Waals surface area contributed by atoms with E-state index in [-0.39, 0.29) is 0 Å². The van der Waals surface area contributed by atoms with Crippen LogP contribution in [-0.4, -0.2) is 19.4 Å². The Balaban J connectivity index is 2.47. The summed E-state index contributed by atoms with van der Waals surface area (Å²) in [5, 5.41) is 0. The van der Waals surface area contributed by atoms with Crippen LogP contribution in [0, 0.1) is 6.92 Å². The molecule has 2 heteroatoms. The first-order chi connectivity index (χ1) is 5.86. The molecule has 2 rings (SSSR count). The van der Waals surface area contributed by atoms with Gasteiger partial charge in [-0.25, -0.2) is 0 Å². The molecule has 12 heavy (non-hydrogen) atoms. The van der Waals surface area contributed by atoms with E-state index in [4.69, 9.17) is 4.74 Å². The molecule has 0 radical (unpaired) electrons. The number of benzene rings is 1. The molecule has 1 aromatic carbocycles. The quantitative estimate of drug-likeness (QED) is 0.568. The zero-order valence-electron chi connectivity index (χ0n) is 7.08. The standard InChI is InChI=1S/C10H11NO/c1-8-2-3-10-9(6-8)7-11-4-5-12-10/h2-3,6-7H,4-5H2,1H3. The Morgan fingerprint density at radius 3 is 3.25 bits per heavy atom. The molecule has 0 spiro atoms. The highest BCUT2D eigenvalue weighted by atomic mass is 16.5. The highest BCUT2D eigenvalue weighted by Gasteiger charge is 2.03. The number of nitrogens with zero attached hydrogens (tertiary/aromatic N) is 1. The molecule has 62 valence electrons. The van der Waals surface area contributed by atoms with Crippen molar-refractivity contribution in [3.63, 3.8) is 0 Å². The van der Waals surface area contributed by atoms with Gasteiger partial charge in [0, 0.05) is 11.8 Å². The first kappa shape index (κ1) is 7.35. The van der Waals surface area contributed by atoms with E-state index < -0.39 is 0 Å². The molecule has 0 atom stereocenters. The Kier molecular flexibility index (Phi) is 1.82. The molecule has 1 aliphatic rings. The molecule has 0 bridgehead atoms. The van der Waals surface area contributed by atoms with Gasteiger partial charge in [-0.05, 0) is 19.1 Å². The molecule has 0 unspecified atom stereocenters. The first-order valence-corrected chi connectivity index (χ1v) is 4.09. The predicted molar refractivity (Wildman–Crippen MR) is 49.1 cm³/mol. The summed E-state index contributed by atoms with van der Waals surface area (Å²) in [7, 11) is 0. The summed E-state index contributed by atoms with van der Waals surface area (Å²) in [6.07, 6.45) is 1.88. The number of ether oxygens (including phenoxy) is 1. The summed E-state index contributed by atoms with van der Waals surface area (Å²) in [5.74, 6) is 0.946. The largest absolute Gasteiger partial charge is 0.491 e. The Morgan fingerprint density at radius 1 is 1.42 bits per heavy atom. The van der Waals surface area contributed by atoms with Crippen LogP contribution >= 0.6 is 0 Å². The topological polar surface area (TPSA) is 21.6 Å². The van der Waals surface area contributed by atoms with E-state index in [0.717, 1.165) is 17.9 Å². The van der Waals surface area contributed by atoms with Crippen LogP contribution in [0.25, 0.3) is 0 Å². The van der Waals surface area contributed by atoms with Crippen LogP contribution < -0.4 is 4.74 Å². The van der Waals surface area contributed by atoms with E-state index >= 15 is 0 Å². The van der Waals surface area contributed by atoms with E-state index in [1.54, 1.807) is 0 Å². The molecule has 1 heterocycles. The summed E-state index contributed by atoms with van der Waals surface area (Å²) >= 11 is 0. The maximum Gasteiger partial charge on any atom is 0.128 e. The van der Waals surface area contributed by atoms with Crippen molar-refractivity contribution in [1.82, 2.24) is 0 Å². The van der Waals surface area contributed by atoms with Gasteiger partial charge in [-0.2, -0.15) is 0 Å². The van der Waals surface area contributed by atoms with Crippen molar-refractivity contribution in [2.75, 3.05) is 13.2 Å². The van der Waals surface area contributed by atoms with E-state index in [9.17, 15) is 0 Å². The number of rotatable bonds is 0. The van der Waals surface area contributed by atoms with Crippen LogP contribution in [0.15, 0.2) is 23.2 Å². The fourth-order valence-corrected chi connectivity index (χ4v) is 1.27. The molecule has 0 aromatic heterocycles. The molecule has 0 N–H and O–H groups in total. The van der Waals surface area contributed by atoms with Gasteiger partial charge in [-0.15, -0.1) is 0 Å². The molecule has 2 nitrogen and oxygen atoms in total. The molecular formula is C10H11NO. The van der Waals surface area contributed by atoms with Crippen LogP contribution in [0.5, 0.6) is 5.75 Å². The van der Waals surface area contributed by atoms with E-state index in [1.807, 2.05) is 12.3 Å². The van der Waals surface area contributed by atoms with Crippen molar-refractivity contribution in [3.05, 3.63) is 29.3 Å². The van der Waals surface area contributed by atoms with Gasteiger partial charge >= 0.3 is 0 Å². The van der Waals surface area contributed by atoms with Gasteiger partial charge in [0.15, 0.2) is 0 Å². The van der Waals surface area contributed by atoms with Crippen molar-refractivity contribution in [2.45, 2.75) is 6.92 Å². The van der Waals surface area contributed by atoms with Crippen molar-refractivity contribution in [3.8, 4) is 5.75 Å². The van der Waals surface area contributed by atoms with Crippen molar-refractivity contribution >= 4 is 6.21 Å². The predicted octanol–water partition coefficient (Wildman–Crippen LogP) is 1.81. The highest BCUT2D eigenvalue weighted by molar-refractivity contribution is 5.84. The maximum atomic E-state index is 5.48. The average Bonchev–Trinajstić information content (AvgIpc) is 2.28. The summed E-state index contributed by atoms with van der Waals surface area (Å²) in [4.78, 5) is 4.20. The summed E-state index contributed by atoms with van der Waals surface area (Å²) in [6, 6.07) is 6.14. The zero-order valence-corrected chi connectivity index (χ0v) is 7.08. The average molecular weight is 161 g/mol. The summed E-state index contributed by atoms with van der Waals surface area (Å²) in [6.45, 7) is 3.51. The van der Waals surface area contributed by atoms with Crippen molar-refractivity contribution in [2.24, 2.45) is 4.99 Å². The second-order valence-electron chi connectivity index (χ2n) is 2.93. The number of hydrogen-bond donors (Lipinski definition) is 0. The Bertz CT molecular complexity index is 318. The van der Waals surface area contributed by atoms with Crippen LogP contribution in [0.3, 0.4) is 0 Å². The van der Waals surface area contributed by atoms with Crippen molar-refractivity contribution in [1.29, 1.82) is 0 Å². The van der Waals surface area contributed by atoms with Crippen LogP contribution in [0.2, 0.25) is 0 Å². The minimum atomic E-state index is 0.687. The fraction of sp³-hybridized carbons (Fsp3) is 0.300. The normalized spacial score (nSPS) is 14.8. The summed E-state index contributed by atoms with van der Waals surface area (Å²) in [5.41, 5.74) is 2.33. The third kappa shape index (κ3) is 1.33. The lowest BCUT2D eigenvalue weighted by Crippen LogP contribution is -1.98. The molecule has 0 saturated carbocycles. The first-order valence-electron chi connectivity index (χ1n) is 4.09. The fourth-order valence-electron chi connectivity index (χ4n) is 1.27. The van der Waals surface area contributed by atoms with Crippen LogP contribution in [0.4, 0.5) is 0 Å². The Labute approximate surface area is 71.9 Å². The number of aryl methyl sites for hydroxylation is 1. The lowest BCUT2D eigenvalue weighted by molar-refractivity contribution is 0.331. The number of aliphatic imine (C=N–C) groups is 1. The molecule has 0 aliphatic carbocycles. The van der Waals surface area contributed by atoms with Gasteiger partial charge in [0.1, 0.15) is 12.4 Å². The zero-order chi connectivity index (χ0) is 8.39. The second kappa shape index (κ2) is 2.97. The second-order valence-corrected chi connectivity index (χ2v) is 2.93. The Hall–Kier alpha value is -1.31. The molecule has 1 aromatic rings. The number of fused-ring (bicyclic) bond motifs is 1. The van der Waals surface area contributed by atoms with E-state index in [2.05, 4.69) is 24.0 Å². The van der Waals surface area contributed by atoms with Crippen LogP contribution in [0.1, 0.15) is 11.1 Å². The third-order valence-corrected chi connectivity index (χ3v) is 1.87. The smallest absolute Gasteiger partial charge is 0.128 e. The van der Waals surface area contributed by atoms with E-state index in [1.165, 1.54) is 5.56 Å². The maximum absolute atomic E-state index is 5.48. The lowest BCUT2D eigenvalue weighted by Gasteiger charge is -2.04. The third-order valence-electron chi connectivity index (χ3n) is 1.87. The Morgan fingerprint density at radius 2 is 2.33 bits per heavy atom.